The Morgan fingerprint density at radius 3 is 2.72 bits per heavy atom. The summed E-state index contributed by atoms with van der Waals surface area (Å²) in [4.78, 5) is 27.2. The van der Waals surface area contributed by atoms with Crippen molar-refractivity contribution in [1.29, 1.82) is 0 Å². The molecule has 0 N–H and O–H groups in total. The van der Waals surface area contributed by atoms with Gasteiger partial charge in [-0.15, -0.1) is 0 Å². The molecule has 2 fully saturated rings. The van der Waals surface area contributed by atoms with Gasteiger partial charge in [-0.1, -0.05) is 43.1 Å². The van der Waals surface area contributed by atoms with Gasteiger partial charge in [-0.05, 0) is 35.8 Å². The standard InChI is InChI=1S/C19H22Cl2N2O2/c1-19(2)13(7-15(20)21)17(19)18(25)22-8-11-6-12(10-22)14-4-3-5-16(24)23(14)9-11/h3-5,7,11-13,17H,6,8-10H2,1-2H3/t11-,12+,13?,17?/m0/s1. The molecule has 6 heteroatoms. The molecule has 1 saturated heterocycles. The second kappa shape index (κ2) is 5.88. The number of allylic oxidation sites excluding steroid dienone is 1. The molecule has 134 valence electrons. The van der Waals surface area contributed by atoms with E-state index in [1.807, 2.05) is 21.6 Å². The minimum absolute atomic E-state index is 0.0585. The predicted octanol–water partition coefficient (Wildman–Crippen LogP) is 3.39. The maximum atomic E-state index is 13.1. The van der Waals surface area contributed by atoms with Gasteiger partial charge in [-0.3, -0.25) is 9.59 Å². The van der Waals surface area contributed by atoms with E-state index in [4.69, 9.17) is 23.2 Å². The van der Waals surface area contributed by atoms with Crippen molar-refractivity contribution in [1.82, 2.24) is 9.47 Å². The Balaban J connectivity index is 1.56. The van der Waals surface area contributed by atoms with E-state index in [0.29, 0.717) is 19.0 Å². The lowest BCUT2D eigenvalue weighted by atomic mass is 9.83. The number of likely N-dealkylation sites (tertiary alicyclic amines) is 1. The van der Waals surface area contributed by atoms with Crippen LogP contribution < -0.4 is 5.56 Å². The molecule has 3 heterocycles. The number of amides is 1. The number of carbonyl (C=O) groups is 1. The molecule has 1 aromatic rings. The van der Waals surface area contributed by atoms with Gasteiger partial charge >= 0.3 is 0 Å². The van der Waals surface area contributed by atoms with Gasteiger partial charge in [-0.2, -0.15) is 0 Å². The van der Waals surface area contributed by atoms with Crippen LogP contribution in [-0.4, -0.2) is 28.5 Å². The van der Waals surface area contributed by atoms with Gasteiger partial charge in [0, 0.05) is 37.3 Å². The van der Waals surface area contributed by atoms with Gasteiger partial charge in [0.05, 0.1) is 5.92 Å². The number of pyridine rings is 1. The number of rotatable bonds is 2. The summed E-state index contributed by atoms with van der Waals surface area (Å²) in [6.45, 7) is 6.31. The summed E-state index contributed by atoms with van der Waals surface area (Å²) in [5, 5.41) is 0. The van der Waals surface area contributed by atoms with E-state index in [2.05, 4.69) is 13.8 Å². The SMILES string of the molecule is CC1(C)C(C=C(Cl)Cl)C1C(=O)N1C[C@@H]2C[C@H](C1)c1cccc(=O)n1C2. The summed E-state index contributed by atoms with van der Waals surface area (Å²) in [6.07, 6.45) is 2.85. The first kappa shape index (κ1) is 17.2. The molecule has 0 radical (unpaired) electrons. The largest absolute Gasteiger partial charge is 0.341 e. The van der Waals surface area contributed by atoms with Crippen LogP contribution in [0.2, 0.25) is 0 Å². The minimum atomic E-state index is -0.104. The van der Waals surface area contributed by atoms with Crippen LogP contribution in [0.1, 0.15) is 31.9 Å². The van der Waals surface area contributed by atoms with Crippen LogP contribution in [0.4, 0.5) is 0 Å². The van der Waals surface area contributed by atoms with Crippen LogP contribution in [0.3, 0.4) is 0 Å². The van der Waals surface area contributed by atoms with Crippen molar-refractivity contribution >= 4 is 29.1 Å². The molecule has 4 nitrogen and oxygen atoms in total. The number of aromatic nitrogens is 1. The molecule has 4 atom stereocenters. The maximum Gasteiger partial charge on any atom is 0.250 e. The van der Waals surface area contributed by atoms with E-state index < -0.39 is 0 Å². The second-order valence-electron chi connectivity index (χ2n) is 8.22. The van der Waals surface area contributed by atoms with E-state index in [-0.39, 0.29) is 39.1 Å². The third-order valence-corrected chi connectivity index (χ3v) is 6.53. The van der Waals surface area contributed by atoms with Gasteiger partial charge in [0.15, 0.2) is 0 Å². The molecule has 1 saturated carbocycles. The van der Waals surface area contributed by atoms with Gasteiger partial charge in [0.1, 0.15) is 4.49 Å². The number of piperidine rings is 1. The van der Waals surface area contributed by atoms with Crippen LogP contribution in [-0.2, 0) is 11.3 Å². The summed E-state index contributed by atoms with van der Waals surface area (Å²) in [6, 6.07) is 5.46. The number of hydrogen-bond donors (Lipinski definition) is 0. The van der Waals surface area contributed by atoms with Crippen LogP contribution >= 0.6 is 23.2 Å². The highest BCUT2D eigenvalue weighted by molar-refractivity contribution is 6.55. The zero-order valence-electron chi connectivity index (χ0n) is 14.4. The number of fused-ring (bicyclic) bond motifs is 4. The normalized spacial score (nSPS) is 31.9. The second-order valence-corrected chi connectivity index (χ2v) is 9.23. The fourth-order valence-electron chi connectivity index (χ4n) is 4.87. The lowest BCUT2D eigenvalue weighted by molar-refractivity contribution is -0.136. The van der Waals surface area contributed by atoms with Crippen molar-refractivity contribution in [2.75, 3.05) is 13.1 Å². The Morgan fingerprint density at radius 1 is 1.24 bits per heavy atom. The number of halogens is 2. The topological polar surface area (TPSA) is 42.3 Å². The highest BCUT2D eigenvalue weighted by Crippen LogP contribution is 2.60. The molecular weight excluding hydrogens is 359 g/mol. The monoisotopic (exact) mass is 380 g/mol. The van der Waals surface area contributed by atoms with Crippen LogP contribution in [0, 0.1) is 23.2 Å². The molecule has 0 spiro atoms. The minimum Gasteiger partial charge on any atom is -0.341 e. The number of hydrogen-bond acceptors (Lipinski definition) is 2. The third kappa shape index (κ3) is 2.83. The average Bonchev–Trinajstić information content (AvgIpc) is 3.07. The van der Waals surface area contributed by atoms with Crippen molar-refractivity contribution in [3.8, 4) is 0 Å². The maximum absolute atomic E-state index is 13.1. The molecular formula is C19H22Cl2N2O2. The smallest absolute Gasteiger partial charge is 0.250 e. The molecule has 4 rings (SSSR count). The Bertz CT molecular complexity index is 810. The Kier molecular flexibility index (Phi) is 4.04. The van der Waals surface area contributed by atoms with Crippen LogP contribution in [0.5, 0.6) is 0 Å². The Morgan fingerprint density at radius 2 is 2.00 bits per heavy atom. The summed E-state index contributed by atoms with van der Waals surface area (Å²) in [7, 11) is 0. The molecule has 25 heavy (non-hydrogen) atoms. The summed E-state index contributed by atoms with van der Waals surface area (Å²) >= 11 is 11.6. The molecule has 2 unspecified atom stereocenters. The summed E-state index contributed by atoms with van der Waals surface area (Å²) in [5.74, 6) is 0.835. The molecule has 1 aliphatic carbocycles. The van der Waals surface area contributed by atoms with Crippen molar-refractivity contribution in [3.63, 3.8) is 0 Å². The first-order chi connectivity index (χ1) is 11.8. The molecule has 1 aromatic heterocycles. The third-order valence-electron chi connectivity index (χ3n) is 6.27. The summed E-state index contributed by atoms with van der Waals surface area (Å²) < 4.78 is 2.12. The van der Waals surface area contributed by atoms with Gasteiger partial charge in [0.25, 0.3) is 5.56 Å². The molecule has 0 aromatic carbocycles. The highest BCUT2D eigenvalue weighted by Gasteiger charge is 2.61. The Hall–Kier alpha value is -1.26. The Labute approximate surface area is 157 Å². The predicted molar refractivity (Wildman–Crippen MR) is 98.7 cm³/mol. The molecule has 2 aliphatic heterocycles. The number of carbonyl (C=O) groups excluding carboxylic acids is 1. The zero-order chi connectivity index (χ0) is 17.9. The van der Waals surface area contributed by atoms with Crippen molar-refractivity contribution in [2.45, 2.75) is 32.7 Å². The van der Waals surface area contributed by atoms with Gasteiger partial charge < -0.3 is 9.47 Å². The molecule has 2 bridgehead atoms. The van der Waals surface area contributed by atoms with E-state index in [0.717, 1.165) is 18.7 Å². The summed E-state index contributed by atoms with van der Waals surface area (Å²) in [5.41, 5.74) is 1.03. The van der Waals surface area contributed by atoms with Gasteiger partial charge in [0.2, 0.25) is 5.91 Å². The lowest BCUT2D eigenvalue weighted by Gasteiger charge is -2.43. The quantitative estimate of drug-likeness (QED) is 0.788. The average molecular weight is 381 g/mol. The first-order valence-electron chi connectivity index (χ1n) is 8.80. The highest BCUT2D eigenvalue weighted by atomic mass is 35.5. The van der Waals surface area contributed by atoms with Gasteiger partial charge in [-0.25, -0.2) is 0 Å². The van der Waals surface area contributed by atoms with Crippen LogP contribution in [0.25, 0.3) is 0 Å². The fourth-order valence-corrected chi connectivity index (χ4v) is 5.14. The van der Waals surface area contributed by atoms with E-state index in [1.165, 1.54) is 0 Å². The number of nitrogens with zero attached hydrogens (tertiary/aromatic N) is 2. The zero-order valence-corrected chi connectivity index (χ0v) is 15.9. The lowest BCUT2D eigenvalue weighted by Crippen LogP contribution is -2.49. The van der Waals surface area contributed by atoms with E-state index in [1.54, 1.807) is 12.1 Å². The van der Waals surface area contributed by atoms with E-state index in [9.17, 15) is 9.59 Å². The molecule has 3 aliphatic rings. The van der Waals surface area contributed by atoms with Crippen LogP contribution in [0.15, 0.2) is 33.6 Å². The fraction of sp³-hybridized carbons (Fsp3) is 0.579. The molecule has 1 amide bonds. The van der Waals surface area contributed by atoms with Crippen molar-refractivity contribution in [2.24, 2.45) is 23.2 Å². The van der Waals surface area contributed by atoms with Crippen molar-refractivity contribution in [3.05, 3.63) is 44.8 Å². The van der Waals surface area contributed by atoms with E-state index >= 15 is 0 Å². The van der Waals surface area contributed by atoms with Crippen molar-refractivity contribution < 1.29 is 4.79 Å². The first-order valence-corrected chi connectivity index (χ1v) is 9.56.